The van der Waals surface area contributed by atoms with Gasteiger partial charge >= 0.3 is 0 Å². The molecule has 0 aliphatic rings. The number of aliphatic hydroxyl groups excluding tert-OH is 1. The van der Waals surface area contributed by atoms with Crippen molar-refractivity contribution in [2.24, 2.45) is 0 Å². The van der Waals surface area contributed by atoms with Gasteiger partial charge in [0.15, 0.2) is 0 Å². The van der Waals surface area contributed by atoms with Gasteiger partial charge in [-0.15, -0.1) is 0 Å². The first kappa shape index (κ1) is 9.24. The van der Waals surface area contributed by atoms with Crippen molar-refractivity contribution in [3.8, 4) is 0 Å². The minimum absolute atomic E-state index is 0.0380. The van der Waals surface area contributed by atoms with Crippen LogP contribution in [-0.2, 0) is 0 Å². The first-order valence-corrected chi connectivity index (χ1v) is 4.61. The summed E-state index contributed by atoms with van der Waals surface area (Å²) in [5.74, 6) is 0.774. The number of para-hydroxylation sites is 1. The third-order valence-corrected chi connectivity index (χ3v) is 2.32. The molecule has 0 radical (unpaired) electrons. The van der Waals surface area contributed by atoms with Crippen LogP contribution in [0.4, 0.5) is 0 Å². The van der Waals surface area contributed by atoms with E-state index < -0.39 is 0 Å². The highest BCUT2D eigenvalue weighted by Gasteiger charge is 2.12. The second-order valence-electron chi connectivity index (χ2n) is 3.21. The molecule has 0 aliphatic carbocycles. The average molecular weight is 191 g/mol. The first-order valence-electron chi connectivity index (χ1n) is 4.61. The van der Waals surface area contributed by atoms with E-state index in [4.69, 9.17) is 9.52 Å². The molecule has 1 heterocycles. The lowest BCUT2D eigenvalue weighted by molar-refractivity contribution is 0.235. The normalized spacial score (nSPS) is 13.3. The van der Waals surface area contributed by atoms with Gasteiger partial charge in [0.25, 0.3) is 0 Å². The maximum Gasteiger partial charge on any atom is 0.134 e. The zero-order valence-electron chi connectivity index (χ0n) is 8.03. The summed E-state index contributed by atoms with van der Waals surface area (Å²) >= 11 is 0. The number of hydrogen-bond acceptors (Lipinski definition) is 3. The fourth-order valence-electron chi connectivity index (χ4n) is 1.50. The molecule has 1 aromatic heterocycles. The quantitative estimate of drug-likeness (QED) is 0.776. The Kier molecular flexibility index (Phi) is 2.52. The zero-order chi connectivity index (χ0) is 9.97. The number of likely N-dealkylation sites (N-methyl/N-ethyl adjacent to an activating group) is 1. The Labute approximate surface area is 82.3 Å². The lowest BCUT2D eigenvalue weighted by Gasteiger charge is -2.08. The molecule has 0 bridgehead atoms. The third-order valence-electron chi connectivity index (χ3n) is 2.32. The topological polar surface area (TPSA) is 45.4 Å². The number of fused-ring (bicyclic) bond motifs is 1. The van der Waals surface area contributed by atoms with Crippen molar-refractivity contribution in [2.75, 3.05) is 13.7 Å². The molecule has 1 atom stereocenters. The molecular weight excluding hydrogens is 178 g/mol. The highest BCUT2D eigenvalue weighted by molar-refractivity contribution is 5.77. The molecule has 2 N–H and O–H groups in total. The molecule has 3 nitrogen and oxygen atoms in total. The molecule has 0 fully saturated rings. The van der Waals surface area contributed by atoms with Crippen LogP contribution in [0.5, 0.6) is 0 Å². The largest absolute Gasteiger partial charge is 0.459 e. The van der Waals surface area contributed by atoms with Crippen molar-refractivity contribution in [2.45, 2.75) is 6.04 Å². The van der Waals surface area contributed by atoms with Gasteiger partial charge in [-0.3, -0.25) is 0 Å². The van der Waals surface area contributed by atoms with E-state index in [9.17, 15) is 0 Å². The third kappa shape index (κ3) is 1.52. The lowest BCUT2D eigenvalue weighted by atomic mass is 10.2. The molecular formula is C11H13NO2. The van der Waals surface area contributed by atoms with Crippen molar-refractivity contribution < 1.29 is 9.52 Å². The first-order chi connectivity index (χ1) is 6.85. The van der Waals surface area contributed by atoms with Gasteiger partial charge in [0.1, 0.15) is 11.3 Å². The Morgan fingerprint density at radius 1 is 1.43 bits per heavy atom. The Hall–Kier alpha value is -1.32. The Morgan fingerprint density at radius 2 is 2.21 bits per heavy atom. The van der Waals surface area contributed by atoms with Crippen molar-refractivity contribution in [3.63, 3.8) is 0 Å². The van der Waals surface area contributed by atoms with Gasteiger partial charge in [-0.25, -0.2) is 0 Å². The standard InChI is InChI=1S/C11H13NO2/c1-12-9(7-13)11-6-8-4-2-3-5-10(8)14-11/h2-6,9,12-13H,7H2,1H3. The predicted octanol–water partition coefficient (Wildman–Crippen LogP) is 1.69. The molecule has 3 heteroatoms. The van der Waals surface area contributed by atoms with Crippen LogP contribution in [0.15, 0.2) is 34.7 Å². The number of nitrogens with one attached hydrogen (secondary N) is 1. The van der Waals surface area contributed by atoms with Gasteiger partial charge in [-0.2, -0.15) is 0 Å². The zero-order valence-corrected chi connectivity index (χ0v) is 8.03. The van der Waals surface area contributed by atoms with E-state index in [1.165, 1.54) is 0 Å². The van der Waals surface area contributed by atoms with Crippen molar-refractivity contribution in [1.82, 2.24) is 5.32 Å². The average Bonchev–Trinajstić information content (AvgIpc) is 2.63. The maximum absolute atomic E-state index is 9.08. The number of hydrogen-bond donors (Lipinski definition) is 2. The second-order valence-corrected chi connectivity index (χ2v) is 3.21. The van der Waals surface area contributed by atoms with Gasteiger partial charge < -0.3 is 14.8 Å². The van der Waals surface area contributed by atoms with Gasteiger partial charge in [0.2, 0.25) is 0 Å². The Balaban J connectivity index is 2.43. The van der Waals surface area contributed by atoms with E-state index in [2.05, 4.69) is 5.32 Å². The summed E-state index contributed by atoms with van der Waals surface area (Å²) in [7, 11) is 1.80. The lowest BCUT2D eigenvalue weighted by Crippen LogP contribution is -2.19. The monoisotopic (exact) mass is 191 g/mol. The minimum Gasteiger partial charge on any atom is -0.459 e. The molecule has 2 rings (SSSR count). The summed E-state index contributed by atoms with van der Waals surface area (Å²) in [5.41, 5.74) is 0.858. The smallest absolute Gasteiger partial charge is 0.134 e. The fourth-order valence-corrected chi connectivity index (χ4v) is 1.50. The molecule has 0 saturated carbocycles. The molecule has 1 unspecified atom stereocenters. The molecule has 1 aromatic carbocycles. The minimum atomic E-state index is -0.123. The summed E-state index contributed by atoms with van der Waals surface area (Å²) in [4.78, 5) is 0. The number of furan rings is 1. The Morgan fingerprint density at radius 3 is 2.86 bits per heavy atom. The fraction of sp³-hybridized carbons (Fsp3) is 0.273. The van der Waals surface area contributed by atoms with Gasteiger partial charge in [-0.1, -0.05) is 18.2 Å². The molecule has 0 aliphatic heterocycles. The van der Waals surface area contributed by atoms with E-state index >= 15 is 0 Å². The maximum atomic E-state index is 9.08. The number of rotatable bonds is 3. The van der Waals surface area contributed by atoms with Crippen LogP contribution in [0.25, 0.3) is 11.0 Å². The van der Waals surface area contributed by atoms with Gasteiger partial charge in [0.05, 0.1) is 12.6 Å². The highest BCUT2D eigenvalue weighted by atomic mass is 16.3. The second kappa shape index (κ2) is 3.82. The summed E-state index contributed by atoms with van der Waals surface area (Å²) in [6.07, 6.45) is 0. The summed E-state index contributed by atoms with van der Waals surface area (Å²) in [5, 5.41) is 13.1. The summed E-state index contributed by atoms with van der Waals surface area (Å²) < 4.78 is 5.59. The van der Waals surface area contributed by atoms with Crippen LogP contribution in [-0.4, -0.2) is 18.8 Å². The Bertz CT molecular complexity index is 385. The molecule has 0 amide bonds. The van der Waals surface area contributed by atoms with Crippen LogP contribution < -0.4 is 5.32 Å². The van der Waals surface area contributed by atoms with Crippen LogP contribution in [0.1, 0.15) is 11.8 Å². The van der Waals surface area contributed by atoms with Crippen molar-refractivity contribution >= 4 is 11.0 Å². The van der Waals surface area contributed by atoms with E-state index in [0.29, 0.717) is 0 Å². The highest BCUT2D eigenvalue weighted by Crippen LogP contribution is 2.23. The predicted molar refractivity (Wildman–Crippen MR) is 55.1 cm³/mol. The summed E-state index contributed by atoms with van der Waals surface area (Å²) in [6.45, 7) is 0.0380. The van der Waals surface area contributed by atoms with Crippen molar-refractivity contribution in [3.05, 3.63) is 36.1 Å². The van der Waals surface area contributed by atoms with E-state index in [-0.39, 0.29) is 12.6 Å². The van der Waals surface area contributed by atoms with Crippen LogP contribution >= 0.6 is 0 Å². The van der Waals surface area contributed by atoms with Crippen LogP contribution in [0, 0.1) is 0 Å². The van der Waals surface area contributed by atoms with Gasteiger partial charge in [-0.05, 0) is 19.2 Å². The molecule has 14 heavy (non-hydrogen) atoms. The summed E-state index contributed by atoms with van der Waals surface area (Å²) in [6, 6.07) is 9.64. The van der Waals surface area contributed by atoms with E-state index in [1.807, 2.05) is 30.3 Å². The van der Waals surface area contributed by atoms with Gasteiger partial charge in [0, 0.05) is 5.39 Å². The van der Waals surface area contributed by atoms with Crippen LogP contribution in [0.2, 0.25) is 0 Å². The molecule has 0 spiro atoms. The SMILES string of the molecule is CNC(CO)c1cc2ccccc2o1. The molecule has 2 aromatic rings. The van der Waals surface area contributed by atoms with E-state index in [0.717, 1.165) is 16.7 Å². The number of benzene rings is 1. The molecule has 74 valence electrons. The van der Waals surface area contributed by atoms with E-state index in [1.54, 1.807) is 7.05 Å². The molecule has 0 saturated heterocycles. The van der Waals surface area contributed by atoms with Crippen molar-refractivity contribution in [1.29, 1.82) is 0 Å². The number of aliphatic hydroxyl groups is 1. The van der Waals surface area contributed by atoms with Crippen LogP contribution in [0.3, 0.4) is 0 Å².